The fraction of sp³-hybridized carbons (Fsp3) is 0.391. The number of amides is 2. The number of carbonyl (C=O) groups is 2. The standard InChI is InChI=1S/C23H27N3O5/c27-22(24-9-8-17-4-2-1-3-5-17)23(28)25-15-19(26-10-12-29-13-11-26)18-6-7-20-21(14-18)31-16-30-20/h1-7,14,19H,8-13,15-16H2,(H,24,27)(H,25,28)/t19-/m0/s1. The van der Waals surface area contributed by atoms with Crippen LogP contribution >= 0.6 is 0 Å². The number of rotatable bonds is 7. The van der Waals surface area contributed by atoms with Crippen molar-refractivity contribution < 1.29 is 23.8 Å². The van der Waals surface area contributed by atoms with Gasteiger partial charge in [-0.3, -0.25) is 14.5 Å². The molecular formula is C23H27N3O5. The summed E-state index contributed by atoms with van der Waals surface area (Å²) in [6.45, 7) is 3.69. The number of nitrogens with one attached hydrogen (secondary N) is 2. The third-order valence-corrected chi connectivity index (χ3v) is 5.47. The summed E-state index contributed by atoms with van der Waals surface area (Å²) in [5, 5.41) is 5.48. The van der Waals surface area contributed by atoms with Crippen LogP contribution in [0.25, 0.3) is 0 Å². The van der Waals surface area contributed by atoms with E-state index in [-0.39, 0.29) is 12.8 Å². The van der Waals surface area contributed by atoms with Crippen molar-refractivity contribution in [2.24, 2.45) is 0 Å². The SMILES string of the molecule is O=C(NCCc1ccccc1)C(=O)NC[C@@H](c1ccc2c(c1)OCO2)N1CCOCC1. The lowest BCUT2D eigenvalue weighted by Gasteiger charge is -2.34. The van der Waals surface area contributed by atoms with Crippen molar-refractivity contribution in [1.29, 1.82) is 0 Å². The van der Waals surface area contributed by atoms with Gasteiger partial charge in [-0.15, -0.1) is 0 Å². The Hall–Kier alpha value is -3.10. The molecule has 0 saturated carbocycles. The molecule has 1 fully saturated rings. The first kappa shape index (κ1) is 21.1. The van der Waals surface area contributed by atoms with Crippen LogP contribution in [0.2, 0.25) is 0 Å². The Bertz CT molecular complexity index is 899. The third-order valence-electron chi connectivity index (χ3n) is 5.47. The van der Waals surface area contributed by atoms with Crippen LogP contribution in [-0.4, -0.2) is 62.9 Å². The third kappa shape index (κ3) is 5.53. The predicted molar refractivity (Wildman–Crippen MR) is 114 cm³/mol. The molecule has 0 unspecified atom stereocenters. The molecule has 31 heavy (non-hydrogen) atoms. The van der Waals surface area contributed by atoms with E-state index >= 15 is 0 Å². The lowest BCUT2D eigenvalue weighted by molar-refractivity contribution is -0.139. The lowest BCUT2D eigenvalue weighted by atomic mass is 10.0. The second kappa shape index (κ2) is 10.3. The summed E-state index contributed by atoms with van der Waals surface area (Å²) in [6.07, 6.45) is 0.674. The Morgan fingerprint density at radius 2 is 1.68 bits per heavy atom. The highest BCUT2D eigenvalue weighted by Crippen LogP contribution is 2.35. The van der Waals surface area contributed by atoms with E-state index in [9.17, 15) is 9.59 Å². The summed E-state index contributed by atoms with van der Waals surface area (Å²) in [7, 11) is 0. The summed E-state index contributed by atoms with van der Waals surface area (Å²) >= 11 is 0. The Morgan fingerprint density at radius 1 is 0.935 bits per heavy atom. The van der Waals surface area contributed by atoms with Gasteiger partial charge in [0.1, 0.15) is 0 Å². The summed E-state index contributed by atoms with van der Waals surface area (Å²) in [4.78, 5) is 26.8. The van der Waals surface area contributed by atoms with Crippen molar-refractivity contribution in [3.8, 4) is 11.5 Å². The maximum Gasteiger partial charge on any atom is 0.309 e. The minimum absolute atomic E-state index is 0.0977. The van der Waals surface area contributed by atoms with E-state index in [1.54, 1.807) is 0 Å². The zero-order chi connectivity index (χ0) is 21.5. The molecule has 1 atom stereocenters. The zero-order valence-electron chi connectivity index (χ0n) is 17.3. The molecule has 0 radical (unpaired) electrons. The van der Waals surface area contributed by atoms with Gasteiger partial charge in [-0.2, -0.15) is 0 Å². The Labute approximate surface area is 181 Å². The van der Waals surface area contributed by atoms with Crippen molar-refractivity contribution in [1.82, 2.24) is 15.5 Å². The second-order valence-electron chi connectivity index (χ2n) is 7.48. The molecule has 2 amide bonds. The summed E-state index contributed by atoms with van der Waals surface area (Å²) < 4.78 is 16.4. The van der Waals surface area contributed by atoms with Gasteiger partial charge in [-0.05, 0) is 29.7 Å². The molecule has 0 bridgehead atoms. The number of hydrogen-bond donors (Lipinski definition) is 2. The molecule has 8 nitrogen and oxygen atoms in total. The van der Waals surface area contributed by atoms with Crippen LogP contribution in [0.5, 0.6) is 11.5 Å². The number of hydrogen-bond acceptors (Lipinski definition) is 6. The van der Waals surface area contributed by atoms with Gasteiger partial charge in [0.2, 0.25) is 6.79 Å². The quantitative estimate of drug-likeness (QED) is 0.650. The molecule has 164 valence electrons. The Balaban J connectivity index is 1.34. The molecule has 1 saturated heterocycles. The van der Waals surface area contributed by atoms with Crippen LogP contribution in [0.1, 0.15) is 17.2 Å². The van der Waals surface area contributed by atoms with Gasteiger partial charge in [0, 0.05) is 26.2 Å². The zero-order valence-corrected chi connectivity index (χ0v) is 17.3. The number of morpholine rings is 1. The molecule has 2 aromatic rings. The van der Waals surface area contributed by atoms with Crippen LogP contribution in [-0.2, 0) is 20.7 Å². The molecular weight excluding hydrogens is 398 g/mol. The van der Waals surface area contributed by atoms with Crippen molar-refractivity contribution >= 4 is 11.8 Å². The van der Waals surface area contributed by atoms with Crippen molar-refractivity contribution in [3.05, 3.63) is 59.7 Å². The van der Waals surface area contributed by atoms with E-state index in [1.807, 2.05) is 48.5 Å². The van der Waals surface area contributed by atoms with Crippen molar-refractivity contribution in [3.63, 3.8) is 0 Å². The minimum atomic E-state index is -0.632. The van der Waals surface area contributed by atoms with Crippen molar-refractivity contribution in [2.75, 3.05) is 46.2 Å². The molecule has 0 aromatic heterocycles. The second-order valence-corrected chi connectivity index (χ2v) is 7.48. The van der Waals surface area contributed by atoms with E-state index in [4.69, 9.17) is 14.2 Å². The molecule has 2 N–H and O–H groups in total. The predicted octanol–water partition coefficient (Wildman–Crippen LogP) is 1.26. The number of carbonyl (C=O) groups excluding carboxylic acids is 2. The lowest BCUT2D eigenvalue weighted by Crippen LogP contribution is -2.47. The highest BCUT2D eigenvalue weighted by atomic mass is 16.7. The average molecular weight is 425 g/mol. The van der Waals surface area contributed by atoms with E-state index in [1.165, 1.54) is 0 Å². The molecule has 0 spiro atoms. The van der Waals surface area contributed by atoms with Gasteiger partial charge in [0.05, 0.1) is 19.3 Å². The molecule has 2 aromatic carbocycles. The van der Waals surface area contributed by atoms with E-state index < -0.39 is 11.8 Å². The molecule has 2 heterocycles. The molecule has 0 aliphatic carbocycles. The largest absolute Gasteiger partial charge is 0.454 e. The van der Waals surface area contributed by atoms with Crippen LogP contribution in [0, 0.1) is 0 Å². The first-order valence-corrected chi connectivity index (χ1v) is 10.5. The van der Waals surface area contributed by atoms with E-state index in [0.717, 1.165) is 24.2 Å². The van der Waals surface area contributed by atoms with E-state index in [0.29, 0.717) is 44.2 Å². The normalized spacial score (nSPS) is 16.5. The highest BCUT2D eigenvalue weighted by Gasteiger charge is 2.26. The first-order chi connectivity index (χ1) is 15.2. The summed E-state index contributed by atoms with van der Waals surface area (Å²) in [6, 6.07) is 15.5. The van der Waals surface area contributed by atoms with Gasteiger partial charge < -0.3 is 24.8 Å². The minimum Gasteiger partial charge on any atom is -0.454 e. The van der Waals surface area contributed by atoms with Gasteiger partial charge in [-0.25, -0.2) is 0 Å². The van der Waals surface area contributed by atoms with Gasteiger partial charge in [0.25, 0.3) is 0 Å². The highest BCUT2D eigenvalue weighted by molar-refractivity contribution is 6.35. The fourth-order valence-electron chi connectivity index (χ4n) is 3.78. The fourth-order valence-corrected chi connectivity index (χ4v) is 3.78. The Kier molecular flexibility index (Phi) is 7.01. The maximum atomic E-state index is 12.4. The number of benzene rings is 2. The van der Waals surface area contributed by atoms with Crippen LogP contribution in [0.15, 0.2) is 48.5 Å². The van der Waals surface area contributed by atoms with E-state index in [2.05, 4.69) is 15.5 Å². The topological polar surface area (TPSA) is 89.1 Å². The summed E-state index contributed by atoms with van der Waals surface area (Å²) in [5.74, 6) is 0.154. The van der Waals surface area contributed by atoms with Gasteiger partial charge >= 0.3 is 11.8 Å². The van der Waals surface area contributed by atoms with Crippen LogP contribution < -0.4 is 20.1 Å². The molecule has 2 aliphatic rings. The maximum absolute atomic E-state index is 12.4. The smallest absolute Gasteiger partial charge is 0.309 e. The van der Waals surface area contributed by atoms with Gasteiger partial charge in [0.15, 0.2) is 11.5 Å². The Morgan fingerprint density at radius 3 is 2.48 bits per heavy atom. The number of nitrogens with zero attached hydrogens (tertiary/aromatic N) is 1. The number of fused-ring (bicyclic) bond motifs is 1. The van der Waals surface area contributed by atoms with Crippen LogP contribution in [0.4, 0.5) is 0 Å². The first-order valence-electron chi connectivity index (χ1n) is 10.5. The van der Waals surface area contributed by atoms with Crippen LogP contribution in [0.3, 0.4) is 0 Å². The van der Waals surface area contributed by atoms with Gasteiger partial charge in [-0.1, -0.05) is 36.4 Å². The number of ether oxygens (including phenoxy) is 3. The molecule has 2 aliphatic heterocycles. The summed E-state index contributed by atoms with van der Waals surface area (Å²) in [5.41, 5.74) is 2.11. The molecule has 4 rings (SSSR count). The molecule has 8 heteroatoms. The average Bonchev–Trinajstić information content (AvgIpc) is 3.28. The van der Waals surface area contributed by atoms with Crippen molar-refractivity contribution in [2.45, 2.75) is 12.5 Å². The monoisotopic (exact) mass is 425 g/mol.